The number of nitrogens with zero attached hydrogens (tertiary/aromatic N) is 1. The first-order chi connectivity index (χ1) is 13.5. The third-order valence-corrected chi connectivity index (χ3v) is 5.46. The number of hydrogen-bond acceptors (Lipinski definition) is 3. The molecule has 2 aromatic carbocycles. The first-order valence-electron chi connectivity index (χ1n) is 9.34. The van der Waals surface area contributed by atoms with Crippen LogP contribution in [0.5, 0.6) is 0 Å². The number of aryl methyl sites for hydroxylation is 1. The zero-order valence-electron chi connectivity index (χ0n) is 15.4. The van der Waals surface area contributed by atoms with Gasteiger partial charge in [0.15, 0.2) is 5.78 Å². The Morgan fingerprint density at radius 1 is 1.00 bits per heavy atom. The van der Waals surface area contributed by atoms with Gasteiger partial charge in [-0.05, 0) is 55.2 Å². The van der Waals surface area contributed by atoms with E-state index in [9.17, 15) is 19.5 Å². The predicted molar refractivity (Wildman–Crippen MR) is 107 cm³/mol. The van der Waals surface area contributed by atoms with Gasteiger partial charge in [-0.25, -0.2) is 4.79 Å². The Kier molecular flexibility index (Phi) is 6.47. The molecule has 0 bridgehead atoms. The summed E-state index contributed by atoms with van der Waals surface area (Å²) in [5, 5.41) is 9.83. The number of carbonyl (C=O) groups excluding carboxylic acids is 2. The molecule has 0 atom stereocenters. The average molecular weight is 400 g/mol. The van der Waals surface area contributed by atoms with Gasteiger partial charge < -0.3 is 10.0 Å². The third-order valence-electron chi connectivity index (χ3n) is 5.20. The molecule has 0 radical (unpaired) electrons. The maximum atomic E-state index is 12.6. The van der Waals surface area contributed by atoms with Crippen molar-refractivity contribution in [3.05, 3.63) is 70.2 Å². The number of carboxylic acids is 1. The van der Waals surface area contributed by atoms with Crippen molar-refractivity contribution in [1.29, 1.82) is 0 Å². The molecule has 0 spiro atoms. The van der Waals surface area contributed by atoms with Crippen LogP contribution in [0.15, 0.2) is 48.5 Å². The summed E-state index contributed by atoms with van der Waals surface area (Å²) in [4.78, 5) is 38.2. The number of Topliss-reactive ketones (excluding diaryl/α,β-unsaturated/α-hetero) is 1. The van der Waals surface area contributed by atoms with Crippen LogP contribution in [-0.4, -0.2) is 40.8 Å². The highest BCUT2D eigenvalue weighted by molar-refractivity contribution is 6.30. The predicted octanol–water partition coefficient (Wildman–Crippen LogP) is 4.09. The summed E-state index contributed by atoms with van der Waals surface area (Å²) in [7, 11) is 0. The molecule has 0 aliphatic carbocycles. The van der Waals surface area contributed by atoms with Crippen LogP contribution >= 0.6 is 11.6 Å². The number of aromatic carboxylic acids is 1. The molecule has 28 heavy (non-hydrogen) atoms. The monoisotopic (exact) mass is 399 g/mol. The topological polar surface area (TPSA) is 74.7 Å². The number of likely N-dealkylation sites (tertiary alicyclic amines) is 1. The lowest BCUT2D eigenvalue weighted by Crippen LogP contribution is -2.40. The summed E-state index contributed by atoms with van der Waals surface area (Å²) < 4.78 is 0. The summed E-state index contributed by atoms with van der Waals surface area (Å²) in [5.41, 5.74) is 1.55. The SMILES string of the molecule is O=C(O)c1ccccc1CCC(=O)N1CCC(C(=O)c2ccc(Cl)cc2)CC1. The van der Waals surface area contributed by atoms with E-state index in [-0.39, 0.29) is 29.6 Å². The zero-order chi connectivity index (χ0) is 20.1. The molecule has 1 aliphatic heterocycles. The zero-order valence-corrected chi connectivity index (χ0v) is 16.2. The van der Waals surface area contributed by atoms with Crippen molar-refractivity contribution in [1.82, 2.24) is 4.90 Å². The van der Waals surface area contributed by atoms with E-state index in [0.717, 1.165) is 0 Å². The molecule has 1 aliphatic rings. The number of benzene rings is 2. The van der Waals surface area contributed by atoms with Crippen LogP contribution < -0.4 is 0 Å². The van der Waals surface area contributed by atoms with Crippen molar-refractivity contribution >= 4 is 29.3 Å². The fraction of sp³-hybridized carbons (Fsp3) is 0.318. The molecule has 3 rings (SSSR count). The van der Waals surface area contributed by atoms with Gasteiger partial charge in [-0.1, -0.05) is 29.8 Å². The van der Waals surface area contributed by atoms with Gasteiger partial charge in [-0.15, -0.1) is 0 Å². The fourth-order valence-corrected chi connectivity index (χ4v) is 3.71. The minimum absolute atomic E-state index is 0.00224. The summed E-state index contributed by atoms with van der Waals surface area (Å²) in [6.07, 6.45) is 1.93. The molecular formula is C22H22ClNO4. The molecule has 0 unspecified atom stereocenters. The summed E-state index contributed by atoms with van der Waals surface area (Å²) in [6, 6.07) is 13.6. The number of piperidine rings is 1. The first-order valence-corrected chi connectivity index (χ1v) is 9.72. The van der Waals surface area contributed by atoms with Crippen molar-refractivity contribution in [2.45, 2.75) is 25.7 Å². The molecule has 6 heteroatoms. The summed E-state index contributed by atoms with van der Waals surface area (Å²) in [5.74, 6) is -0.973. The number of ketones is 1. The van der Waals surface area contributed by atoms with E-state index in [2.05, 4.69) is 0 Å². The summed E-state index contributed by atoms with van der Waals surface area (Å²) >= 11 is 5.87. The van der Waals surface area contributed by atoms with Crippen LogP contribution in [0, 0.1) is 5.92 Å². The van der Waals surface area contributed by atoms with E-state index in [1.165, 1.54) is 0 Å². The molecule has 1 saturated heterocycles. The van der Waals surface area contributed by atoms with E-state index >= 15 is 0 Å². The minimum atomic E-state index is -0.982. The van der Waals surface area contributed by atoms with Gasteiger partial charge >= 0.3 is 5.97 Å². The van der Waals surface area contributed by atoms with Crippen molar-refractivity contribution in [2.24, 2.45) is 5.92 Å². The van der Waals surface area contributed by atoms with Gasteiger partial charge in [-0.2, -0.15) is 0 Å². The van der Waals surface area contributed by atoms with Crippen LogP contribution in [-0.2, 0) is 11.2 Å². The van der Waals surface area contributed by atoms with E-state index in [1.807, 2.05) is 0 Å². The highest BCUT2D eigenvalue weighted by Gasteiger charge is 2.27. The Bertz CT molecular complexity index is 870. The molecule has 1 amide bonds. The largest absolute Gasteiger partial charge is 0.478 e. The Labute approximate surface area is 168 Å². The smallest absolute Gasteiger partial charge is 0.335 e. The average Bonchev–Trinajstić information content (AvgIpc) is 2.72. The lowest BCUT2D eigenvalue weighted by atomic mass is 9.88. The van der Waals surface area contributed by atoms with Crippen LogP contribution in [0.25, 0.3) is 0 Å². The fourth-order valence-electron chi connectivity index (χ4n) is 3.59. The number of amides is 1. The minimum Gasteiger partial charge on any atom is -0.478 e. The Morgan fingerprint density at radius 2 is 1.64 bits per heavy atom. The second kappa shape index (κ2) is 9.02. The summed E-state index contributed by atoms with van der Waals surface area (Å²) in [6.45, 7) is 1.09. The van der Waals surface area contributed by atoms with Crippen molar-refractivity contribution < 1.29 is 19.5 Å². The number of rotatable bonds is 6. The molecule has 1 N–H and O–H groups in total. The van der Waals surface area contributed by atoms with Crippen molar-refractivity contribution in [3.8, 4) is 0 Å². The highest BCUT2D eigenvalue weighted by Crippen LogP contribution is 2.23. The van der Waals surface area contributed by atoms with E-state index in [4.69, 9.17) is 11.6 Å². The molecule has 5 nitrogen and oxygen atoms in total. The van der Waals surface area contributed by atoms with E-state index in [0.29, 0.717) is 48.5 Å². The van der Waals surface area contributed by atoms with Crippen LogP contribution in [0.4, 0.5) is 0 Å². The maximum absolute atomic E-state index is 12.6. The van der Waals surface area contributed by atoms with Gasteiger partial charge in [0.05, 0.1) is 5.56 Å². The lowest BCUT2D eigenvalue weighted by molar-refractivity contribution is -0.132. The molecule has 146 valence electrons. The van der Waals surface area contributed by atoms with Crippen LogP contribution in [0.3, 0.4) is 0 Å². The normalized spacial score (nSPS) is 14.7. The number of carbonyl (C=O) groups is 3. The van der Waals surface area contributed by atoms with E-state index in [1.54, 1.807) is 53.4 Å². The highest BCUT2D eigenvalue weighted by atomic mass is 35.5. The number of halogens is 1. The maximum Gasteiger partial charge on any atom is 0.335 e. The first kappa shape index (κ1) is 20.1. The molecular weight excluding hydrogens is 378 g/mol. The second-order valence-electron chi connectivity index (χ2n) is 6.99. The van der Waals surface area contributed by atoms with Gasteiger partial charge in [0, 0.05) is 36.0 Å². The lowest BCUT2D eigenvalue weighted by Gasteiger charge is -2.31. The number of carboxylic acid groups (broad SMARTS) is 1. The van der Waals surface area contributed by atoms with Gasteiger partial charge in [0.2, 0.25) is 5.91 Å². The standard InChI is InChI=1S/C22H22ClNO4/c23-18-8-5-16(6-9-18)21(26)17-11-13-24(14-12-17)20(25)10-7-15-3-1-2-4-19(15)22(27)28/h1-6,8-9,17H,7,10-14H2,(H,27,28). The van der Waals surface area contributed by atoms with Crippen molar-refractivity contribution in [3.63, 3.8) is 0 Å². The Hall–Kier alpha value is -2.66. The Morgan fingerprint density at radius 3 is 2.29 bits per heavy atom. The Balaban J connectivity index is 1.52. The molecule has 0 aromatic heterocycles. The number of hydrogen-bond donors (Lipinski definition) is 1. The molecule has 0 saturated carbocycles. The van der Waals surface area contributed by atoms with Gasteiger partial charge in [-0.3, -0.25) is 9.59 Å². The van der Waals surface area contributed by atoms with Gasteiger partial charge in [0.1, 0.15) is 0 Å². The molecule has 2 aromatic rings. The quantitative estimate of drug-likeness (QED) is 0.742. The third kappa shape index (κ3) is 4.78. The van der Waals surface area contributed by atoms with Crippen LogP contribution in [0.1, 0.15) is 45.5 Å². The molecule has 1 heterocycles. The second-order valence-corrected chi connectivity index (χ2v) is 7.42. The van der Waals surface area contributed by atoms with Gasteiger partial charge in [0.25, 0.3) is 0 Å². The molecule has 1 fully saturated rings. The van der Waals surface area contributed by atoms with E-state index < -0.39 is 5.97 Å². The van der Waals surface area contributed by atoms with Crippen molar-refractivity contribution in [2.75, 3.05) is 13.1 Å². The van der Waals surface area contributed by atoms with Crippen LogP contribution in [0.2, 0.25) is 5.02 Å².